The third kappa shape index (κ3) is 4.09. The van der Waals surface area contributed by atoms with Crippen LogP contribution in [-0.2, 0) is 15.7 Å². The molecule has 1 aromatic carbocycles. The van der Waals surface area contributed by atoms with E-state index in [1.54, 1.807) is 0 Å². The molecule has 1 unspecified atom stereocenters. The van der Waals surface area contributed by atoms with E-state index in [4.69, 9.17) is 0 Å². The Kier molecular flexibility index (Phi) is 5.20. The zero-order valence-corrected chi connectivity index (χ0v) is 12.0. The number of anilines is 1. The Labute approximate surface area is 120 Å². The van der Waals surface area contributed by atoms with Crippen LogP contribution >= 0.6 is 0 Å². The monoisotopic (exact) mass is 307 g/mol. The van der Waals surface area contributed by atoms with Crippen molar-refractivity contribution in [3.63, 3.8) is 0 Å². The Balaban J connectivity index is 3.08. The highest BCUT2D eigenvalue weighted by atomic mass is 19.4. The number of esters is 1. The van der Waals surface area contributed by atoms with Crippen LogP contribution in [0, 0.1) is 5.82 Å². The number of carbonyl (C=O) groups is 1. The quantitative estimate of drug-likeness (QED) is 0.660. The first kappa shape index (κ1) is 17.3. The molecule has 1 rings (SSSR count). The van der Waals surface area contributed by atoms with Crippen LogP contribution in [0.3, 0.4) is 0 Å². The number of rotatable bonds is 5. The van der Waals surface area contributed by atoms with E-state index >= 15 is 0 Å². The predicted octanol–water partition coefficient (Wildman–Crippen LogP) is 3.99. The molecule has 118 valence electrons. The molecule has 0 aliphatic carbocycles. The van der Waals surface area contributed by atoms with Crippen molar-refractivity contribution in [2.24, 2.45) is 0 Å². The summed E-state index contributed by atoms with van der Waals surface area (Å²) in [5, 5.41) is 2.64. The minimum Gasteiger partial charge on any atom is -0.467 e. The largest absolute Gasteiger partial charge is 0.467 e. The highest BCUT2D eigenvalue weighted by Gasteiger charge is 2.35. The molecule has 0 aliphatic heterocycles. The van der Waals surface area contributed by atoms with Crippen LogP contribution in [0.5, 0.6) is 0 Å². The van der Waals surface area contributed by atoms with Gasteiger partial charge in [0.15, 0.2) is 0 Å². The molecule has 0 aromatic heterocycles. The smallest absolute Gasteiger partial charge is 0.416 e. The molecule has 7 heteroatoms. The first-order valence-electron chi connectivity index (χ1n) is 6.37. The van der Waals surface area contributed by atoms with Crippen LogP contribution in [0.2, 0.25) is 0 Å². The third-order valence-electron chi connectivity index (χ3n) is 3.09. The molecule has 0 aliphatic rings. The summed E-state index contributed by atoms with van der Waals surface area (Å²) in [5.41, 5.74) is -2.46. The maximum absolute atomic E-state index is 13.8. The Morgan fingerprint density at radius 2 is 1.95 bits per heavy atom. The maximum atomic E-state index is 13.8. The molecule has 0 spiro atoms. The number of hydrogen-bond donors (Lipinski definition) is 1. The number of ether oxygens (including phenoxy) is 1. The summed E-state index contributed by atoms with van der Waals surface area (Å²) in [7, 11) is 1.20. The molecule has 0 radical (unpaired) electrons. The van der Waals surface area contributed by atoms with Gasteiger partial charge >= 0.3 is 12.1 Å². The lowest BCUT2D eigenvalue weighted by atomic mass is 9.95. The average Bonchev–Trinajstić information content (AvgIpc) is 2.39. The van der Waals surface area contributed by atoms with Crippen LogP contribution in [-0.4, -0.2) is 18.6 Å². The van der Waals surface area contributed by atoms with Gasteiger partial charge in [-0.1, -0.05) is 13.3 Å². The van der Waals surface area contributed by atoms with Gasteiger partial charge in [0.25, 0.3) is 0 Å². The number of methoxy groups -OCH3 is 1. The van der Waals surface area contributed by atoms with Gasteiger partial charge in [0.2, 0.25) is 0 Å². The summed E-state index contributed by atoms with van der Waals surface area (Å²) < 4.78 is 55.9. The second kappa shape index (κ2) is 6.32. The molecule has 0 saturated carbocycles. The minimum absolute atomic E-state index is 0.177. The first-order chi connectivity index (χ1) is 9.64. The second-order valence-corrected chi connectivity index (χ2v) is 4.89. The number of carbonyl (C=O) groups excluding carboxylic acids is 1. The van der Waals surface area contributed by atoms with E-state index in [1.807, 2.05) is 6.92 Å². The van der Waals surface area contributed by atoms with Gasteiger partial charge in [-0.05, 0) is 31.5 Å². The van der Waals surface area contributed by atoms with Crippen molar-refractivity contribution in [1.29, 1.82) is 0 Å². The Morgan fingerprint density at radius 3 is 2.38 bits per heavy atom. The Hall–Kier alpha value is -1.79. The Morgan fingerprint density at radius 1 is 1.33 bits per heavy atom. The van der Waals surface area contributed by atoms with Gasteiger partial charge in [0, 0.05) is 0 Å². The molecule has 0 fully saturated rings. The molecule has 0 bridgehead atoms. The van der Waals surface area contributed by atoms with Gasteiger partial charge in [-0.15, -0.1) is 0 Å². The third-order valence-corrected chi connectivity index (χ3v) is 3.09. The molecule has 1 aromatic rings. The van der Waals surface area contributed by atoms with E-state index in [0.717, 1.165) is 12.1 Å². The SMILES string of the molecule is CCCC(C)(Nc1ccc(C(F)(F)F)cc1F)C(=O)OC. The summed E-state index contributed by atoms with van der Waals surface area (Å²) in [6.45, 7) is 3.34. The lowest BCUT2D eigenvalue weighted by molar-refractivity contribution is -0.145. The molecule has 21 heavy (non-hydrogen) atoms. The lowest BCUT2D eigenvalue weighted by Crippen LogP contribution is -2.44. The summed E-state index contributed by atoms with van der Waals surface area (Å²) in [4.78, 5) is 11.8. The van der Waals surface area contributed by atoms with Gasteiger partial charge in [0.1, 0.15) is 11.4 Å². The van der Waals surface area contributed by atoms with Crippen molar-refractivity contribution in [3.05, 3.63) is 29.6 Å². The molecule has 0 heterocycles. The second-order valence-electron chi connectivity index (χ2n) is 4.89. The summed E-state index contributed by atoms with van der Waals surface area (Å²) in [5.74, 6) is -1.68. The van der Waals surface area contributed by atoms with Crippen molar-refractivity contribution in [1.82, 2.24) is 0 Å². The summed E-state index contributed by atoms with van der Waals surface area (Å²) >= 11 is 0. The van der Waals surface area contributed by atoms with Gasteiger partial charge in [-0.3, -0.25) is 0 Å². The number of benzene rings is 1. The maximum Gasteiger partial charge on any atom is 0.416 e. The Bertz CT molecular complexity index is 516. The van der Waals surface area contributed by atoms with Crippen molar-refractivity contribution >= 4 is 11.7 Å². The zero-order chi connectivity index (χ0) is 16.3. The van der Waals surface area contributed by atoms with Crippen molar-refractivity contribution in [3.8, 4) is 0 Å². The zero-order valence-electron chi connectivity index (χ0n) is 12.0. The van der Waals surface area contributed by atoms with E-state index in [1.165, 1.54) is 14.0 Å². The molecular formula is C14H17F4NO2. The molecular weight excluding hydrogens is 290 g/mol. The predicted molar refractivity (Wildman–Crippen MR) is 70.4 cm³/mol. The van der Waals surface area contributed by atoms with Gasteiger partial charge in [-0.2, -0.15) is 13.2 Å². The first-order valence-corrected chi connectivity index (χ1v) is 6.37. The molecule has 0 amide bonds. The van der Waals surface area contributed by atoms with Crippen LogP contribution in [0.25, 0.3) is 0 Å². The van der Waals surface area contributed by atoms with Crippen LogP contribution < -0.4 is 5.32 Å². The van der Waals surface area contributed by atoms with E-state index in [2.05, 4.69) is 10.1 Å². The molecule has 1 N–H and O–H groups in total. The normalized spacial score (nSPS) is 14.4. The highest BCUT2D eigenvalue weighted by molar-refractivity contribution is 5.84. The van der Waals surface area contributed by atoms with Crippen molar-refractivity contribution in [2.75, 3.05) is 12.4 Å². The number of hydrogen-bond acceptors (Lipinski definition) is 3. The van der Waals surface area contributed by atoms with Gasteiger partial charge < -0.3 is 10.1 Å². The lowest BCUT2D eigenvalue weighted by Gasteiger charge is -2.29. The van der Waals surface area contributed by atoms with E-state index in [0.29, 0.717) is 18.9 Å². The van der Waals surface area contributed by atoms with Gasteiger partial charge in [-0.25, -0.2) is 9.18 Å². The highest BCUT2D eigenvalue weighted by Crippen LogP contribution is 2.32. The molecule has 0 saturated heterocycles. The number of halogens is 4. The molecule has 1 atom stereocenters. The van der Waals surface area contributed by atoms with Crippen LogP contribution in [0.15, 0.2) is 18.2 Å². The van der Waals surface area contributed by atoms with Crippen molar-refractivity contribution in [2.45, 2.75) is 38.4 Å². The number of alkyl halides is 3. The number of nitrogens with one attached hydrogen (secondary N) is 1. The van der Waals surface area contributed by atoms with Crippen molar-refractivity contribution < 1.29 is 27.1 Å². The standard InChI is InChI=1S/C14H17F4NO2/c1-4-7-13(2,12(20)21-3)19-11-6-5-9(8-10(11)15)14(16,17)18/h5-6,8,19H,4,7H2,1-3H3. The average molecular weight is 307 g/mol. The van der Waals surface area contributed by atoms with E-state index in [9.17, 15) is 22.4 Å². The fourth-order valence-corrected chi connectivity index (χ4v) is 2.03. The van der Waals surface area contributed by atoms with Crippen LogP contribution in [0.1, 0.15) is 32.3 Å². The summed E-state index contributed by atoms with van der Waals surface area (Å²) in [6.07, 6.45) is -3.66. The molecule has 3 nitrogen and oxygen atoms in total. The fourth-order valence-electron chi connectivity index (χ4n) is 2.03. The van der Waals surface area contributed by atoms with Gasteiger partial charge in [0.05, 0.1) is 18.4 Å². The van der Waals surface area contributed by atoms with E-state index < -0.39 is 29.1 Å². The fraction of sp³-hybridized carbons (Fsp3) is 0.500. The van der Waals surface area contributed by atoms with Crippen LogP contribution in [0.4, 0.5) is 23.2 Å². The van der Waals surface area contributed by atoms with E-state index in [-0.39, 0.29) is 5.69 Å². The topological polar surface area (TPSA) is 38.3 Å². The minimum atomic E-state index is -4.62. The summed E-state index contributed by atoms with van der Waals surface area (Å²) in [6, 6.07) is 2.12.